The number of nitrogens with zero attached hydrogens (tertiary/aromatic N) is 3. The summed E-state index contributed by atoms with van der Waals surface area (Å²) in [6.07, 6.45) is 4.29. The topological polar surface area (TPSA) is 59.9 Å². The van der Waals surface area contributed by atoms with E-state index >= 15 is 0 Å². The number of aromatic nitrogens is 3. The van der Waals surface area contributed by atoms with Crippen molar-refractivity contribution >= 4 is 17.0 Å². The highest BCUT2D eigenvalue weighted by Gasteiger charge is 2.07. The number of methoxy groups -OCH3 is 1. The standard InChI is InChI=1S/C12H16N4O/c1-3-9(8-17-2)15-11-5-4-10-12(16-11)14-7-6-13-10/h4-7,9H,3,8H2,1-2H3,(H,14,15,16). The van der Waals surface area contributed by atoms with E-state index in [9.17, 15) is 0 Å². The van der Waals surface area contributed by atoms with Gasteiger partial charge in [0.15, 0.2) is 5.65 Å². The first kappa shape index (κ1) is 11.7. The second-order valence-electron chi connectivity index (χ2n) is 3.80. The van der Waals surface area contributed by atoms with Crippen LogP contribution in [0.4, 0.5) is 5.82 Å². The van der Waals surface area contributed by atoms with Crippen molar-refractivity contribution in [2.45, 2.75) is 19.4 Å². The minimum atomic E-state index is 0.265. The Kier molecular flexibility index (Phi) is 3.82. The van der Waals surface area contributed by atoms with Gasteiger partial charge >= 0.3 is 0 Å². The highest BCUT2D eigenvalue weighted by atomic mass is 16.5. The van der Waals surface area contributed by atoms with Crippen LogP contribution >= 0.6 is 0 Å². The molecule has 5 heteroatoms. The molecule has 2 aromatic rings. The zero-order valence-electron chi connectivity index (χ0n) is 10.1. The summed E-state index contributed by atoms with van der Waals surface area (Å²) in [6.45, 7) is 2.77. The summed E-state index contributed by atoms with van der Waals surface area (Å²) in [5.41, 5.74) is 1.46. The van der Waals surface area contributed by atoms with Gasteiger partial charge in [-0.2, -0.15) is 0 Å². The molecular weight excluding hydrogens is 216 g/mol. The first-order valence-corrected chi connectivity index (χ1v) is 5.66. The zero-order chi connectivity index (χ0) is 12.1. The van der Waals surface area contributed by atoms with Crippen molar-refractivity contribution in [3.63, 3.8) is 0 Å². The van der Waals surface area contributed by atoms with Crippen molar-refractivity contribution in [3.05, 3.63) is 24.5 Å². The molecule has 1 atom stereocenters. The van der Waals surface area contributed by atoms with Gasteiger partial charge in [-0.1, -0.05) is 6.92 Å². The minimum absolute atomic E-state index is 0.265. The van der Waals surface area contributed by atoms with Crippen LogP contribution < -0.4 is 5.32 Å². The molecule has 0 aromatic carbocycles. The van der Waals surface area contributed by atoms with Crippen LogP contribution in [-0.4, -0.2) is 34.7 Å². The molecule has 0 spiro atoms. The van der Waals surface area contributed by atoms with Crippen LogP contribution in [0.5, 0.6) is 0 Å². The summed E-state index contributed by atoms with van der Waals surface area (Å²) in [5, 5.41) is 3.32. The zero-order valence-corrected chi connectivity index (χ0v) is 10.1. The minimum Gasteiger partial charge on any atom is -0.383 e. The van der Waals surface area contributed by atoms with Crippen LogP contribution in [0.2, 0.25) is 0 Å². The molecule has 17 heavy (non-hydrogen) atoms. The molecule has 0 saturated carbocycles. The Labute approximate surface area is 100 Å². The highest BCUT2D eigenvalue weighted by Crippen LogP contribution is 2.12. The van der Waals surface area contributed by atoms with Crippen LogP contribution in [0.3, 0.4) is 0 Å². The molecule has 0 amide bonds. The normalized spacial score (nSPS) is 12.6. The molecule has 0 bridgehead atoms. The Morgan fingerprint density at radius 1 is 1.29 bits per heavy atom. The largest absolute Gasteiger partial charge is 0.383 e. The Hall–Kier alpha value is -1.75. The van der Waals surface area contributed by atoms with E-state index in [1.165, 1.54) is 0 Å². The number of pyridine rings is 1. The fourth-order valence-corrected chi connectivity index (χ4v) is 1.61. The fraction of sp³-hybridized carbons (Fsp3) is 0.417. The summed E-state index contributed by atoms with van der Waals surface area (Å²) in [6, 6.07) is 4.09. The molecular formula is C12H16N4O. The molecule has 90 valence electrons. The predicted octanol–water partition coefficient (Wildman–Crippen LogP) is 1.86. The Morgan fingerprint density at radius 3 is 2.88 bits per heavy atom. The lowest BCUT2D eigenvalue weighted by molar-refractivity contribution is 0.184. The van der Waals surface area contributed by atoms with Gasteiger partial charge in [0.05, 0.1) is 12.6 Å². The van der Waals surface area contributed by atoms with Crippen molar-refractivity contribution in [1.29, 1.82) is 0 Å². The average molecular weight is 232 g/mol. The van der Waals surface area contributed by atoms with Crippen LogP contribution in [0.15, 0.2) is 24.5 Å². The molecule has 2 heterocycles. The number of rotatable bonds is 5. The first-order chi connectivity index (χ1) is 8.33. The molecule has 0 aliphatic carbocycles. The van der Waals surface area contributed by atoms with Gasteiger partial charge in [-0.05, 0) is 18.6 Å². The molecule has 0 saturated heterocycles. The van der Waals surface area contributed by atoms with Gasteiger partial charge < -0.3 is 10.1 Å². The summed E-state index contributed by atoms with van der Waals surface area (Å²) in [7, 11) is 1.70. The van der Waals surface area contributed by atoms with E-state index in [-0.39, 0.29) is 6.04 Å². The number of hydrogen-bond acceptors (Lipinski definition) is 5. The van der Waals surface area contributed by atoms with Crippen molar-refractivity contribution < 1.29 is 4.74 Å². The summed E-state index contributed by atoms with van der Waals surface area (Å²) >= 11 is 0. The first-order valence-electron chi connectivity index (χ1n) is 5.66. The van der Waals surface area contributed by atoms with Gasteiger partial charge in [0.1, 0.15) is 11.3 Å². The molecule has 0 radical (unpaired) electrons. The number of fused-ring (bicyclic) bond motifs is 1. The summed E-state index contributed by atoms with van der Waals surface area (Å²) < 4.78 is 5.14. The van der Waals surface area contributed by atoms with Gasteiger partial charge in [0.2, 0.25) is 0 Å². The maximum Gasteiger partial charge on any atom is 0.180 e. The van der Waals surface area contributed by atoms with E-state index in [1.807, 2.05) is 12.1 Å². The molecule has 1 N–H and O–H groups in total. The molecule has 2 rings (SSSR count). The lowest BCUT2D eigenvalue weighted by atomic mass is 10.2. The molecule has 0 aliphatic heterocycles. The lowest BCUT2D eigenvalue weighted by Gasteiger charge is -2.16. The van der Waals surface area contributed by atoms with Crippen molar-refractivity contribution in [2.24, 2.45) is 0 Å². The smallest absolute Gasteiger partial charge is 0.180 e. The highest BCUT2D eigenvalue weighted by molar-refractivity contribution is 5.71. The summed E-state index contributed by atoms with van der Waals surface area (Å²) in [4.78, 5) is 12.8. The Balaban J connectivity index is 2.18. The van der Waals surface area contributed by atoms with Crippen molar-refractivity contribution in [2.75, 3.05) is 19.0 Å². The van der Waals surface area contributed by atoms with E-state index in [2.05, 4.69) is 27.2 Å². The third-order valence-corrected chi connectivity index (χ3v) is 2.54. The fourth-order valence-electron chi connectivity index (χ4n) is 1.61. The summed E-state index contributed by atoms with van der Waals surface area (Å²) in [5.74, 6) is 0.807. The third-order valence-electron chi connectivity index (χ3n) is 2.54. The monoisotopic (exact) mass is 232 g/mol. The lowest BCUT2D eigenvalue weighted by Crippen LogP contribution is -2.24. The van der Waals surface area contributed by atoms with E-state index in [1.54, 1.807) is 19.5 Å². The van der Waals surface area contributed by atoms with E-state index < -0.39 is 0 Å². The second kappa shape index (κ2) is 5.54. The predicted molar refractivity (Wildman–Crippen MR) is 66.9 cm³/mol. The van der Waals surface area contributed by atoms with E-state index in [4.69, 9.17) is 4.74 Å². The number of hydrogen-bond donors (Lipinski definition) is 1. The maximum atomic E-state index is 5.14. The number of ether oxygens (including phenoxy) is 1. The molecule has 0 aliphatic rings. The van der Waals surface area contributed by atoms with Crippen molar-refractivity contribution in [1.82, 2.24) is 15.0 Å². The van der Waals surface area contributed by atoms with Crippen LogP contribution in [0.1, 0.15) is 13.3 Å². The Bertz CT molecular complexity index is 489. The maximum absolute atomic E-state index is 5.14. The molecule has 2 aromatic heterocycles. The quantitative estimate of drug-likeness (QED) is 0.852. The molecule has 5 nitrogen and oxygen atoms in total. The SMILES string of the molecule is CCC(COC)Nc1ccc2nccnc2n1. The van der Waals surface area contributed by atoms with Crippen LogP contribution in [0.25, 0.3) is 11.2 Å². The Morgan fingerprint density at radius 2 is 2.12 bits per heavy atom. The molecule has 1 unspecified atom stereocenters. The van der Waals surface area contributed by atoms with E-state index in [0.29, 0.717) is 12.3 Å². The van der Waals surface area contributed by atoms with Gasteiger partial charge in [-0.25, -0.2) is 9.97 Å². The second-order valence-corrected chi connectivity index (χ2v) is 3.80. The number of nitrogens with one attached hydrogen (secondary N) is 1. The van der Waals surface area contributed by atoms with Gasteiger partial charge in [-0.15, -0.1) is 0 Å². The van der Waals surface area contributed by atoms with Crippen LogP contribution in [-0.2, 0) is 4.74 Å². The van der Waals surface area contributed by atoms with Crippen molar-refractivity contribution in [3.8, 4) is 0 Å². The van der Waals surface area contributed by atoms with E-state index in [0.717, 1.165) is 17.8 Å². The van der Waals surface area contributed by atoms with Gasteiger partial charge in [0, 0.05) is 19.5 Å². The molecule has 0 fully saturated rings. The van der Waals surface area contributed by atoms with Gasteiger partial charge in [-0.3, -0.25) is 4.98 Å². The third kappa shape index (κ3) is 2.88. The van der Waals surface area contributed by atoms with Crippen LogP contribution in [0, 0.1) is 0 Å². The number of anilines is 1. The average Bonchev–Trinajstić information content (AvgIpc) is 2.38. The van der Waals surface area contributed by atoms with Gasteiger partial charge in [0.25, 0.3) is 0 Å².